The molecule has 0 saturated carbocycles. The number of nitrogens with two attached hydrogens (primary N) is 1. The van der Waals surface area contributed by atoms with E-state index in [1.165, 1.54) is 20.0 Å². The van der Waals surface area contributed by atoms with E-state index >= 15 is 0 Å². The van der Waals surface area contributed by atoms with Crippen molar-refractivity contribution in [3.63, 3.8) is 0 Å². The normalized spacial score (nSPS) is 19.0. The van der Waals surface area contributed by atoms with Crippen molar-refractivity contribution in [3.8, 4) is 0 Å². The average Bonchev–Trinajstić information content (AvgIpc) is 2.45. The molecule has 0 spiro atoms. The van der Waals surface area contributed by atoms with E-state index in [-0.39, 0.29) is 29.9 Å². The van der Waals surface area contributed by atoms with Crippen LogP contribution < -0.4 is 5.73 Å². The Bertz CT molecular complexity index is 324. The summed E-state index contributed by atoms with van der Waals surface area (Å²) in [5, 5.41) is 0. The molecule has 1 atom stereocenters. The molecular weight excluding hydrogens is 381 g/mol. The number of methoxy groups -OCH3 is 1. The Morgan fingerprint density at radius 2 is 2.05 bits per heavy atom. The molecule has 1 aliphatic heterocycles. The maximum absolute atomic E-state index is 10.9. The number of rotatable bonds is 7. The maximum atomic E-state index is 10.9. The number of nitrogens with zero attached hydrogens (tertiary/aromatic N) is 2. The first-order chi connectivity index (χ1) is 9.63. The van der Waals surface area contributed by atoms with Crippen LogP contribution in [0, 0.1) is 5.92 Å². The predicted molar refractivity (Wildman–Crippen MR) is 97.0 cm³/mol. The number of hydrogen-bond donors (Lipinski definition) is 1. The molecule has 0 aliphatic carbocycles. The molecule has 5 nitrogen and oxygen atoms in total. The Morgan fingerprint density at radius 3 is 2.71 bits per heavy atom. The number of carbonyl (C=O) groups excluding carboxylic acids is 1. The third-order valence-electron chi connectivity index (χ3n) is 3.77. The van der Waals surface area contributed by atoms with Gasteiger partial charge in [0.15, 0.2) is 5.96 Å². The van der Waals surface area contributed by atoms with Gasteiger partial charge in [-0.3, -0.25) is 9.79 Å². The van der Waals surface area contributed by atoms with Crippen LogP contribution >= 0.6 is 24.0 Å². The minimum atomic E-state index is -0.119. The van der Waals surface area contributed by atoms with E-state index in [4.69, 9.17) is 5.73 Å². The third-order valence-corrected chi connectivity index (χ3v) is 3.77. The number of ether oxygens (including phenoxy) is 1. The lowest BCUT2D eigenvalue weighted by molar-refractivity contribution is -0.140. The molecule has 0 aromatic carbocycles. The number of hydrogen-bond acceptors (Lipinski definition) is 3. The van der Waals surface area contributed by atoms with Crippen LogP contribution in [0.25, 0.3) is 0 Å². The fraction of sp³-hybridized carbons (Fsp3) is 0.867. The second kappa shape index (κ2) is 12.1. The van der Waals surface area contributed by atoms with Gasteiger partial charge in [-0.15, -0.1) is 24.0 Å². The molecule has 0 radical (unpaired) electrons. The summed E-state index contributed by atoms with van der Waals surface area (Å²) in [5.41, 5.74) is 6.02. The molecule has 21 heavy (non-hydrogen) atoms. The largest absolute Gasteiger partial charge is 0.469 e. The molecular formula is C15H30IN3O2. The van der Waals surface area contributed by atoms with Crippen molar-refractivity contribution in [1.82, 2.24) is 4.90 Å². The lowest BCUT2D eigenvalue weighted by Crippen LogP contribution is -2.43. The molecule has 1 rings (SSSR count). The summed E-state index contributed by atoms with van der Waals surface area (Å²) < 4.78 is 4.60. The number of guanidine groups is 1. The van der Waals surface area contributed by atoms with Crippen molar-refractivity contribution in [2.45, 2.75) is 51.9 Å². The monoisotopic (exact) mass is 411 g/mol. The average molecular weight is 411 g/mol. The Morgan fingerprint density at radius 1 is 1.33 bits per heavy atom. The number of unbranched alkanes of at least 4 members (excludes halogenated alkanes) is 3. The molecule has 1 unspecified atom stereocenters. The van der Waals surface area contributed by atoms with Gasteiger partial charge >= 0.3 is 5.97 Å². The Balaban J connectivity index is 0.00000400. The summed E-state index contributed by atoms with van der Waals surface area (Å²) in [6.07, 6.45) is 7.10. The molecule has 1 aliphatic rings. The van der Waals surface area contributed by atoms with Crippen LogP contribution in [-0.2, 0) is 9.53 Å². The molecule has 6 heteroatoms. The van der Waals surface area contributed by atoms with E-state index in [2.05, 4.69) is 21.6 Å². The van der Waals surface area contributed by atoms with Crippen LogP contribution in [0.5, 0.6) is 0 Å². The molecule has 0 aromatic heterocycles. The van der Waals surface area contributed by atoms with Crippen LogP contribution in [0.15, 0.2) is 4.99 Å². The van der Waals surface area contributed by atoms with Crippen LogP contribution in [0.4, 0.5) is 0 Å². The molecule has 0 aromatic rings. The Labute approximate surface area is 145 Å². The van der Waals surface area contributed by atoms with Gasteiger partial charge < -0.3 is 15.4 Å². The van der Waals surface area contributed by atoms with E-state index in [9.17, 15) is 4.79 Å². The molecule has 0 bridgehead atoms. The first kappa shape index (κ1) is 20.5. The lowest BCUT2D eigenvalue weighted by Gasteiger charge is -2.31. The maximum Gasteiger partial charge on any atom is 0.305 e. The SMILES string of the molecule is COC(=O)CCCCCCN=C(N)N1CCCC(C)C1.I. The molecule has 1 fully saturated rings. The van der Waals surface area contributed by atoms with Gasteiger partial charge in [0.25, 0.3) is 0 Å². The highest BCUT2D eigenvalue weighted by Gasteiger charge is 2.17. The van der Waals surface area contributed by atoms with Gasteiger partial charge in [0.05, 0.1) is 7.11 Å². The lowest BCUT2D eigenvalue weighted by atomic mass is 10.0. The summed E-state index contributed by atoms with van der Waals surface area (Å²) in [5.74, 6) is 1.30. The van der Waals surface area contributed by atoms with Crippen molar-refractivity contribution in [3.05, 3.63) is 0 Å². The summed E-state index contributed by atoms with van der Waals surface area (Å²) in [4.78, 5) is 17.6. The zero-order valence-electron chi connectivity index (χ0n) is 13.3. The summed E-state index contributed by atoms with van der Waals surface area (Å²) in [7, 11) is 1.43. The van der Waals surface area contributed by atoms with Crippen LogP contribution in [0.1, 0.15) is 51.9 Å². The van der Waals surface area contributed by atoms with E-state index in [0.29, 0.717) is 12.4 Å². The zero-order valence-corrected chi connectivity index (χ0v) is 15.7. The smallest absolute Gasteiger partial charge is 0.305 e. The number of carbonyl (C=O) groups is 1. The number of piperidine rings is 1. The summed E-state index contributed by atoms with van der Waals surface area (Å²) in [6, 6.07) is 0. The van der Waals surface area contributed by atoms with Gasteiger partial charge in [-0.25, -0.2) is 0 Å². The van der Waals surface area contributed by atoms with Gasteiger partial charge in [0.2, 0.25) is 0 Å². The number of aliphatic imine (C=N–C) groups is 1. The minimum Gasteiger partial charge on any atom is -0.469 e. The molecule has 1 saturated heterocycles. The topological polar surface area (TPSA) is 67.9 Å². The first-order valence-corrected chi connectivity index (χ1v) is 7.75. The summed E-state index contributed by atoms with van der Waals surface area (Å²) in [6.45, 7) is 5.13. The molecule has 1 heterocycles. The number of likely N-dealkylation sites (tertiary alicyclic amines) is 1. The number of halogens is 1. The second-order valence-corrected chi connectivity index (χ2v) is 5.67. The quantitative estimate of drug-likeness (QED) is 0.230. The van der Waals surface area contributed by atoms with Crippen LogP contribution in [0.3, 0.4) is 0 Å². The van der Waals surface area contributed by atoms with Gasteiger partial charge in [-0.1, -0.05) is 19.8 Å². The second-order valence-electron chi connectivity index (χ2n) is 5.67. The number of esters is 1. The van der Waals surface area contributed by atoms with E-state index in [0.717, 1.165) is 51.2 Å². The fourth-order valence-corrected chi connectivity index (χ4v) is 2.53. The highest BCUT2D eigenvalue weighted by atomic mass is 127. The van der Waals surface area contributed by atoms with E-state index in [1.54, 1.807) is 0 Å². The molecule has 2 N–H and O–H groups in total. The van der Waals surface area contributed by atoms with Crippen molar-refractivity contribution in [2.24, 2.45) is 16.6 Å². The highest BCUT2D eigenvalue weighted by molar-refractivity contribution is 14.0. The van der Waals surface area contributed by atoms with Crippen LogP contribution in [0.2, 0.25) is 0 Å². The fourth-order valence-electron chi connectivity index (χ4n) is 2.53. The molecule has 0 amide bonds. The van der Waals surface area contributed by atoms with Gasteiger partial charge in [0, 0.05) is 26.1 Å². The van der Waals surface area contributed by atoms with Gasteiger partial charge in [0.1, 0.15) is 0 Å². The van der Waals surface area contributed by atoms with Crippen molar-refractivity contribution < 1.29 is 9.53 Å². The molecule has 124 valence electrons. The van der Waals surface area contributed by atoms with Crippen LogP contribution in [-0.4, -0.2) is 43.6 Å². The van der Waals surface area contributed by atoms with E-state index < -0.39 is 0 Å². The van der Waals surface area contributed by atoms with Gasteiger partial charge in [-0.05, 0) is 31.6 Å². The third kappa shape index (κ3) is 9.16. The van der Waals surface area contributed by atoms with Crippen molar-refractivity contribution in [1.29, 1.82) is 0 Å². The zero-order chi connectivity index (χ0) is 14.8. The standard InChI is InChI=1S/C15H29N3O2.HI/c1-13-8-7-11-18(12-13)15(16)17-10-6-4-3-5-9-14(19)20-2;/h13H,3-12H2,1-2H3,(H2,16,17);1H. The first-order valence-electron chi connectivity index (χ1n) is 7.75. The Kier molecular flexibility index (Phi) is 11.8. The van der Waals surface area contributed by atoms with Gasteiger partial charge in [-0.2, -0.15) is 0 Å². The van der Waals surface area contributed by atoms with Crippen molar-refractivity contribution in [2.75, 3.05) is 26.7 Å². The van der Waals surface area contributed by atoms with Crippen molar-refractivity contribution >= 4 is 35.9 Å². The predicted octanol–water partition coefficient (Wildman–Crippen LogP) is 2.77. The summed E-state index contributed by atoms with van der Waals surface area (Å²) >= 11 is 0. The Hall–Kier alpha value is -0.530. The minimum absolute atomic E-state index is 0. The van der Waals surface area contributed by atoms with E-state index in [1.807, 2.05) is 0 Å². The highest BCUT2D eigenvalue weighted by Crippen LogP contribution is 2.14.